The summed E-state index contributed by atoms with van der Waals surface area (Å²) in [7, 11) is 0. The van der Waals surface area contributed by atoms with Gasteiger partial charge in [0.15, 0.2) is 0 Å². The van der Waals surface area contributed by atoms with Gasteiger partial charge in [0, 0.05) is 42.3 Å². The van der Waals surface area contributed by atoms with Gasteiger partial charge in [-0.05, 0) is 64.0 Å². The number of benzene rings is 1. The summed E-state index contributed by atoms with van der Waals surface area (Å²) in [6.07, 6.45) is 9.63. The first-order chi connectivity index (χ1) is 12.6. The van der Waals surface area contributed by atoms with Crippen molar-refractivity contribution >= 4 is 15.9 Å². The van der Waals surface area contributed by atoms with Crippen molar-refractivity contribution in [1.29, 1.82) is 0 Å². The Morgan fingerprint density at radius 1 is 1.19 bits per heavy atom. The minimum Gasteiger partial charge on any atom is -0.490 e. The van der Waals surface area contributed by atoms with Crippen LogP contribution in [-0.2, 0) is 0 Å². The summed E-state index contributed by atoms with van der Waals surface area (Å²) < 4.78 is 7.44. The molecule has 1 atom stereocenters. The lowest BCUT2D eigenvalue weighted by Gasteiger charge is -2.33. The molecule has 3 rings (SSSR count). The van der Waals surface area contributed by atoms with Crippen LogP contribution in [0.3, 0.4) is 0 Å². The lowest BCUT2D eigenvalue weighted by atomic mass is 9.84. The normalized spacial score (nSPS) is 25.8. The fraction of sp³-hybridized carbons (Fsp3) is 0.727. The average molecular weight is 423 g/mol. The summed E-state index contributed by atoms with van der Waals surface area (Å²) in [5.74, 6) is 1.96. The highest BCUT2D eigenvalue weighted by Gasteiger charge is 2.23. The second-order valence-corrected chi connectivity index (χ2v) is 9.04. The van der Waals surface area contributed by atoms with Gasteiger partial charge in [-0.1, -0.05) is 34.8 Å². The molecule has 1 saturated carbocycles. The van der Waals surface area contributed by atoms with Crippen molar-refractivity contribution in [3.8, 4) is 5.75 Å². The van der Waals surface area contributed by atoms with Crippen molar-refractivity contribution in [2.45, 2.75) is 70.9 Å². The van der Waals surface area contributed by atoms with Gasteiger partial charge >= 0.3 is 0 Å². The average Bonchev–Trinajstić information content (AvgIpc) is 2.67. The van der Waals surface area contributed by atoms with Crippen LogP contribution >= 0.6 is 15.9 Å². The molecule has 3 nitrogen and oxygen atoms in total. The Morgan fingerprint density at radius 2 is 1.92 bits per heavy atom. The Bertz CT molecular complexity index is 551. The number of nitrogens with one attached hydrogen (secondary N) is 1. The molecule has 0 radical (unpaired) electrons. The van der Waals surface area contributed by atoms with Crippen LogP contribution in [0.2, 0.25) is 0 Å². The topological polar surface area (TPSA) is 24.5 Å². The molecule has 0 amide bonds. The van der Waals surface area contributed by atoms with Crippen LogP contribution in [0.5, 0.6) is 5.75 Å². The number of hydrogen-bond donors (Lipinski definition) is 1. The van der Waals surface area contributed by atoms with Crippen LogP contribution in [0, 0.1) is 12.8 Å². The monoisotopic (exact) mass is 422 g/mol. The molecule has 26 heavy (non-hydrogen) atoms. The van der Waals surface area contributed by atoms with Gasteiger partial charge in [-0.15, -0.1) is 0 Å². The minimum absolute atomic E-state index is 0.402. The van der Waals surface area contributed by atoms with Crippen molar-refractivity contribution in [2.24, 2.45) is 5.92 Å². The van der Waals surface area contributed by atoms with Gasteiger partial charge in [0.25, 0.3) is 0 Å². The van der Waals surface area contributed by atoms with Crippen molar-refractivity contribution in [3.05, 3.63) is 28.2 Å². The standard InChI is InChI=1S/C22H35BrN2O/c1-17(25-15-13-24-14-16-25)5-3-6-19-9-11-20(12-10-19)26-22-8-4-7-21(23)18(22)2/h4,7-8,17,19-20,24H,3,5-6,9-16H2,1-2H3/t17-,19?,20?/m0/s1. The maximum Gasteiger partial charge on any atom is 0.123 e. The van der Waals surface area contributed by atoms with Gasteiger partial charge in [-0.3, -0.25) is 4.90 Å². The third-order valence-electron chi connectivity index (χ3n) is 6.31. The number of rotatable bonds is 7. The van der Waals surface area contributed by atoms with E-state index in [2.05, 4.69) is 58.2 Å². The first-order valence-corrected chi connectivity index (χ1v) is 11.3. The van der Waals surface area contributed by atoms with E-state index >= 15 is 0 Å². The molecule has 1 N–H and O–H groups in total. The summed E-state index contributed by atoms with van der Waals surface area (Å²) >= 11 is 3.60. The summed E-state index contributed by atoms with van der Waals surface area (Å²) in [6.45, 7) is 9.30. The molecule has 0 aromatic heterocycles. The van der Waals surface area contributed by atoms with Crippen LogP contribution in [0.4, 0.5) is 0 Å². The lowest BCUT2D eigenvalue weighted by molar-refractivity contribution is 0.124. The van der Waals surface area contributed by atoms with Crippen LogP contribution in [-0.4, -0.2) is 43.2 Å². The summed E-state index contributed by atoms with van der Waals surface area (Å²) in [5.41, 5.74) is 1.22. The number of nitrogens with zero attached hydrogens (tertiary/aromatic N) is 1. The van der Waals surface area contributed by atoms with Crippen molar-refractivity contribution in [1.82, 2.24) is 10.2 Å². The molecule has 0 unspecified atom stereocenters. The molecular weight excluding hydrogens is 388 g/mol. The fourth-order valence-electron chi connectivity index (χ4n) is 4.44. The van der Waals surface area contributed by atoms with Crippen molar-refractivity contribution in [2.75, 3.05) is 26.2 Å². The second-order valence-electron chi connectivity index (χ2n) is 8.19. The van der Waals surface area contributed by atoms with Gasteiger partial charge in [0.2, 0.25) is 0 Å². The van der Waals surface area contributed by atoms with Gasteiger partial charge in [-0.25, -0.2) is 0 Å². The van der Waals surface area contributed by atoms with E-state index < -0.39 is 0 Å². The Hall–Kier alpha value is -0.580. The van der Waals surface area contributed by atoms with Crippen LogP contribution in [0.25, 0.3) is 0 Å². The molecule has 2 fully saturated rings. The SMILES string of the molecule is Cc1c(Br)cccc1OC1CCC(CCC[C@H](C)N2CCNCC2)CC1. The molecule has 1 aliphatic heterocycles. The Labute approximate surface area is 168 Å². The summed E-state index contributed by atoms with van der Waals surface area (Å²) in [6, 6.07) is 7.00. The molecule has 1 aromatic carbocycles. The van der Waals surface area contributed by atoms with E-state index in [4.69, 9.17) is 4.74 Å². The highest BCUT2D eigenvalue weighted by atomic mass is 79.9. The number of ether oxygens (including phenoxy) is 1. The highest BCUT2D eigenvalue weighted by molar-refractivity contribution is 9.10. The zero-order chi connectivity index (χ0) is 18.4. The summed E-state index contributed by atoms with van der Waals surface area (Å²) in [5, 5.41) is 3.45. The predicted molar refractivity (Wildman–Crippen MR) is 113 cm³/mol. The van der Waals surface area contributed by atoms with E-state index in [9.17, 15) is 0 Å². The fourth-order valence-corrected chi connectivity index (χ4v) is 4.79. The van der Waals surface area contributed by atoms with E-state index in [1.54, 1.807) is 0 Å². The van der Waals surface area contributed by atoms with Crippen LogP contribution in [0.15, 0.2) is 22.7 Å². The Kier molecular flexibility index (Phi) is 7.83. The summed E-state index contributed by atoms with van der Waals surface area (Å²) in [4.78, 5) is 2.65. The van der Waals surface area contributed by atoms with E-state index in [0.717, 1.165) is 35.3 Å². The van der Waals surface area contributed by atoms with E-state index in [1.165, 1.54) is 63.6 Å². The largest absolute Gasteiger partial charge is 0.490 e. The molecule has 0 bridgehead atoms. The molecule has 2 aliphatic rings. The van der Waals surface area contributed by atoms with Crippen LogP contribution in [0.1, 0.15) is 57.4 Å². The van der Waals surface area contributed by atoms with Crippen LogP contribution < -0.4 is 10.1 Å². The van der Waals surface area contributed by atoms with Gasteiger partial charge < -0.3 is 10.1 Å². The molecule has 1 aromatic rings. The minimum atomic E-state index is 0.402. The zero-order valence-electron chi connectivity index (χ0n) is 16.5. The number of hydrogen-bond acceptors (Lipinski definition) is 3. The quantitative estimate of drug-likeness (QED) is 0.656. The van der Waals surface area contributed by atoms with Crippen molar-refractivity contribution < 1.29 is 4.74 Å². The van der Waals surface area contributed by atoms with Gasteiger partial charge in [0.1, 0.15) is 5.75 Å². The molecule has 1 saturated heterocycles. The van der Waals surface area contributed by atoms with Gasteiger partial charge in [-0.2, -0.15) is 0 Å². The zero-order valence-corrected chi connectivity index (χ0v) is 18.1. The van der Waals surface area contributed by atoms with Gasteiger partial charge in [0.05, 0.1) is 6.10 Å². The first-order valence-electron chi connectivity index (χ1n) is 10.5. The molecule has 146 valence electrons. The molecule has 1 heterocycles. The number of piperazine rings is 1. The predicted octanol–water partition coefficient (Wildman–Crippen LogP) is 5.16. The van der Waals surface area contributed by atoms with E-state index in [-0.39, 0.29) is 0 Å². The maximum absolute atomic E-state index is 6.29. The second kappa shape index (κ2) is 10.1. The molecular formula is C22H35BrN2O. The maximum atomic E-state index is 6.29. The first kappa shape index (κ1) is 20.2. The third-order valence-corrected chi connectivity index (χ3v) is 7.17. The molecule has 1 aliphatic carbocycles. The van der Waals surface area contributed by atoms with Crippen molar-refractivity contribution in [3.63, 3.8) is 0 Å². The van der Waals surface area contributed by atoms with E-state index in [1.807, 2.05) is 0 Å². The Balaban J connectivity index is 1.34. The third kappa shape index (κ3) is 5.71. The number of halogens is 1. The molecule has 4 heteroatoms. The molecule has 0 spiro atoms. The Morgan fingerprint density at radius 3 is 2.65 bits per heavy atom. The lowest BCUT2D eigenvalue weighted by Crippen LogP contribution is -2.47. The highest BCUT2D eigenvalue weighted by Crippen LogP contribution is 2.33. The smallest absolute Gasteiger partial charge is 0.123 e. The van der Waals surface area contributed by atoms with E-state index in [0.29, 0.717) is 6.10 Å².